The van der Waals surface area contributed by atoms with Crippen LogP contribution in [0.3, 0.4) is 0 Å². The van der Waals surface area contributed by atoms with Crippen molar-refractivity contribution < 1.29 is 4.42 Å². The van der Waals surface area contributed by atoms with Gasteiger partial charge in [-0.3, -0.25) is 0 Å². The first-order chi connectivity index (χ1) is 46.5. The summed E-state index contributed by atoms with van der Waals surface area (Å²) in [6.45, 7) is 20.9. The van der Waals surface area contributed by atoms with E-state index >= 15 is 0 Å². The summed E-state index contributed by atoms with van der Waals surface area (Å²) in [6.07, 6.45) is 0. The first kappa shape index (κ1) is 57.6. The predicted octanol–water partition coefficient (Wildman–Crippen LogP) is 22.8. The lowest BCUT2D eigenvalue weighted by Crippen LogP contribution is -2.61. The van der Waals surface area contributed by atoms with E-state index < -0.39 is 0 Å². The Morgan fingerprint density at radius 1 is 0.292 bits per heavy atom. The number of anilines is 6. The van der Waals surface area contributed by atoms with E-state index in [1.54, 1.807) is 0 Å². The van der Waals surface area contributed by atoms with Gasteiger partial charge in [0.2, 0.25) is 0 Å². The van der Waals surface area contributed by atoms with Gasteiger partial charge < -0.3 is 23.4 Å². The zero-order chi connectivity index (χ0) is 65.1. The van der Waals surface area contributed by atoms with Crippen molar-refractivity contribution in [3.8, 4) is 44.8 Å². The molecule has 0 saturated carbocycles. The highest BCUT2D eigenvalue weighted by Crippen LogP contribution is 2.53. The van der Waals surface area contributed by atoms with Crippen molar-refractivity contribution in [2.45, 2.75) is 78.6 Å². The van der Waals surface area contributed by atoms with Gasteiger partial charge in [-0.1, -0.05) is 263 Å². The number of benzene rings is 13. The number of nitrogens with zero attached hydrogens (tertiary/aromatic N) is 4. The van der Waals surface area contributed by atoms with E-state index in [-0.39, 0.29) is 23.0 Å². The third-order valence-electron chi connectivity index (χ3n) is 20.7. The second-order valence-electron chi connectivity index (χ2n) is 29.7. The van der Waals surface area contributed by atoms with Crippen molar-refractivity contribution >= 4 is 123 Å². The molecule has 0 unspecified atom stereocenters. The van der Waals surface area contributed by atoms with Crippen molar-refractivity contribution in [1.29, 1.82) is 0 Å². The van der Waals surface area contributed by atoms with Crippen LogP contribution in [0.5, 0.6) is 0 Å². The van der Waals surface area contributed by atoms with Gasteiger partial charge in [0.15, 0.2) is 5.58 Å². The summed E-state index contributed by atoms with van der Waals surface area (Å²) in [7, 11) is 0. The van der Waals surface area contributed by atoms with Crippen molar-refractivity contribution in [3.63, 3.8) is 0 Å². The molecule has 16 aromatic rings. The summed E-state index contributed by atoms with van der Waals surface area (Å²) in [4.78, 5) is 5.25. The van der Waals surface area contributed by atoms with E-state index in [2.05, 4.69) is 360 Å². The molecular formula is C90H73BN4O. The van der Waals surface area contributed by atoms with Crippen LogP contribution >= 0.6 is 0 Å². The average molecular weight is 1240 g/mol. The molecule has 0 amide bonds. The highest BCUT2D eigenvalue weighted by atomic mass is 16.3. The van der Waals surface area contributed by atoms with Crippen LogP contribution < -0.4 is 26.2 Å². The van der Waals surface area contributed by atoms with E-state index in [1.807, 2.05) is 0 Å². The molecule has 6 heteroatoms. The summed E-state index contributed by atoms with van der Waals surface area (Å²) in [5, 5.41) is 7.04. The second-order valence-corrected chi connectivity index (χ2v) is 29.7. The standard InChI is InChI=1S/C90H73BN4O/c1-88(2,3)60-47-59(48-61(50-60)89(4,5)6)58-43-46-77-74(49-58)91-73-45-44-64(93-76-40-23-20-34-68(76)72-54-79-71(55-80(72)93)67-33-19-22-39-75(67)92(79)63-31-17-12-18-32-63)53-81(73)95(86-65(56-27-13-10-14-28-56)36-25-37-66(86)57-29-15-11-16-30-57)83-52-62(90(7,8)9)51-82(85(83)91)94(77)78-41-26-38-70-69-35-21-24-42-84(69)96-87(70)78/h10-55H,1-9H3. The maximum absolute atomic E-state index is 7.14. The lowest BCUT2D eigenvalue weighted by Gasteiger charge is -2.46. The third-order valence-corrected chi connectivity index (χ3v) is 20.7. The Morgan fingerprint density at radius 3 is 1.41 bits per heavy atom. The molecule has 5 heterocycles. The van der Waals surface area contributed by atoms with Crippen LogP contribution in [0.2, 0.25) is 0 Å². The average Bonchev–Trinajstić information content (AvgIpc) is 0.777. The van der Waals surface area contributed by atoms with Crippen molar-refractivity contribution in [2.24, 2.45) is 0 Å². The number of hydrogen-bond acceptors (Lipinski definition) is 3. The summed E-state index contributed by atoms with van der Waals surface area (Å²) in [5.74, 6) is 0. The molecule has 0 aliphatic carbocycles. The summed E-state index contributed by atoms with van der Waals surface area (Å²) >= 11 is 0. The molecule has 0 spiro atoms. The van der Waals surface area contributed by atoms with Gasteiger partial charge in [0, 0.05) is 77.6 Å². The zero-order valence-electron chi connectivity index (χ0n) is 55.8. The van der Waals surface area contributed by atoms with Crippen LogP contribution in [-0.4, -0.2) is 15.8 Å². The fourth-order valence-electron chi connectivity index (χ4n) is 15.9. The summed E-state index contributed by atoms with van der Waals surface area (Å²) in [6, 6.07) is 105. The number of aromatic nitrogens is 2. The van der Waals surface area contributed by atoms with Crippen molar-refractivity contribution in [1.82, 2.24) is 9.13 Å². The molecule has 0 atom stereocenters. The Morgan fingerprint density at radius 2 is 0.802 bits per heavy atom. The normalized spacial score (nSPS) is 13.2. The fourth-order valence-corrected chi connectivity index (χ4v) is 15.9. The minimum Gasteiger partial charge on any atom is -0.454 e. The summed E-state index contributed by atoms with van der Waals surface area (Å²) < 4.78 is 12.1. The van der Waals surface area contributed by atoms with E-state index in [0.717, 1.165) is 101 Å². The van der Waals surface area contributed by atoms with Crippen LogP contribution in [0.25, 0.3) is 110 Å². The molecular weight excluding hydrogens is 1160 g/mol. The first-order valence-corrected chi connectivity index (χ1v) is 33.9. The van der Waals surface area contributed by atoms with Gasteiger partial charge in [0.05, 0.1) is 33.4 Å². The molecule has 0 N–H and O–H groups in total. The van der Waals surface area contributed by atoms with Gasteiger partial charge in [-0.15, -0.1) is 0 Å². The quantitative estimate of drug-likeness (QED) is 0.149. The van der Waals surface area contributed by atoms with Gasteiger partial charge in [-0.05, 0) is 150 Å². The minimum atomic E-state index is -0.280. The second kappa shape index (κ2) is 21.2. The zero-order valence-corrected chi connectivity index (χ0v) is 55.8. The maximum atomic E-state index is 7.14. The number of furan rings is 1. The lowest BCUT2D eigenvalue weighted by atomic mass is 9.33. The van der Waals surface area contributed by atoms with Crippen LogP contribution in [-0.2, 0) is 16.2 Å². The molecule has 0 radical (unpaired) electrons. The molecule has 18 rings (SSSR count). The largest absolute Gasteiger partial charge is 0.454 e. The molecule has 3 aromatic heterocycles. The molecule has 0 saturated heterocycles. The molecule has 5 nitrogen and oxygen atoms in total. The highest BCUT2D eigenvalue weighted by Gasteiger charge is 2.46. The smallest absolute Gasteiger partial charge is 0.252 e. The van der Waals surface area contributed by atoms with Crippen LogP contribution in [0, 0.1) is 0 Å². The fraction of sp³-hybridized carbons (Fsp3) is 0.133. The number of rotatable bonds is 7. The Balaban J connectivity index is 0.985. The Bertz CT molecular complexity index is 5760. The van der Waals surface area contributed by atoms with Gasteiger partial charge in [-0.25, -0.2) is 0 Å². The van der Waals surface area contributed by atoms with Gasteiger partial charge in [0.25, 0.3) is 6.71 Å². The van der Waals surface area contributed by atoms with Gasteiger partial charge in [0.1, 0.15) is 5.58 Å². The highest BCUT2D eigenvalue weighted by molar-refractivity contribution is 7.00. The van der Waals surface area contributed by atoms with Gasteiger partial charge in [-0.2, -0.15) is 0 Å². The summed E-state index contributed by atoms with van der Waals surface area (Å²) in [5.41, 5.74) is 29.5. The van der Waals surface area contributed by atoms with E-state index in [1.165, 1.54) is 76.8 Å². The molecule has 2 aliphatic rings. The Labute approximate surface area is 561 Å². The first-order valence-electron chi connectivity index (χ1n) is 33.9. The van der Waals surface area contributed by atoms with Crippen molar-refractivity contribution in [2.75, 3.05) is 9.80 Å². The maximum Gasteiger partial charge on any atom is 0.252 e. The third kappa shape index (κ3) is 8.91. The topological polar surface area (TPSA) is 29.5 Å². The molecule has 2 aliphatic heterocycles. The molecule has 96 heavy (non-hydrogen) atoms. The number of para-hydroxylation sites is 6. The number of fused-ring (bicyclic) bond motifs is 13. The van der Waals surface area contributed by atoms with Crippen LogP contribution in [0.1, 0.15) is 79.0 Å². The monoisotopic (exact) mass is 1240 g/mol. The Kier molecular flexibility index (Phi) is 12.7. The predicted molar refractivity (Wildman–Crippen MR) is 409 cm³/mol. The lowest BCUT2D eigenvalue weighted by molar-refractivity contribution is 0.569. The van der Waals surface area contributed by atoms with Crippen LogP contribution in [0.4, 0.5) is 34.1 Å². The molecule has 0 bridgehead atoms. The Hall–Kier alpha value is -11.1. The molecule has 462 valence electrons. The minimum absolute atomic E-state index is 0.0770. The molecule has 13 aromatic carbocycles. The SMILES string of the molecule is CC(C)(C)c1cc(-c2ccc3c(c2)B2c4ccc(-n5c6ccccc6c6cc7c(cc65)c5ccccc5n7-c5ccccc5)cc4N(c4c(-c5ccccc5)cccc4-c4ccccc4)c4cc(C(C)(C)C)cc(c42)N3c2cccc3c2oc2ccccc23)cc(C(C)(C)C)c1. The van der Waals surface area contributed by atoms with Crippen molar-refractivity contribution in [3.05, 3.63) is 296 Å². The van der Waals surface area contributed by atoms with E-state index in [0.29, 0.717) is 0 Å². The van der Waals surface area contributed by atoms with E-state index in [4.69, 9.17) is 4.42 Å². The van der Waals surface area contributed by atoms with E-state index in [9.17, 15) is 0 Å². The van der Waals surface area contributed by atoms with Gasteiger partial charge >= 0.3 is 0 Å². The van der Waals surface area contributed by atoms with Crippen LogP contribution in [0.15, 0.2) is 283 Å². The molecule has 0 fully saturated rings. The number of hydrogen-bond donors (Lipinski definition) is 0.